The van der Waals surface area contributed by atoms with Crippen LogP contribution in [0.25, 0.3) is 0 Å². The number of alkyl halides is 3. The molecule has 1 radical (unpaired) electrons. The van der Waals surface area contributed by atoms with Gasteiger partial charge in [-0.25, -0.2) is 8.78 Å². The summed E-state index contributed by atoms with van der Waals surface area (Å²) < 4.78 is 22.8. The van der Waals surface area contributed by atoms with Gasteiger partial charge in [0.15, 0.2) is 5.12 Å². The second-order valence-corrected chi connectivity index (χ2v) is 4.91. The molecule has 1 aliphatic heterocycles. The predicted molar refractivity (Wildman–Crippen MR) is 44.0 cm³/mol. The van der Waals surface area contributed by atoms with Gasteiger partial charge < -0.3 is 0 Å². The minimum atomic E-state index is -2.60. The zero-order valence-corrected chi connectivity index (χ0v) is 7.92. The standard InChI is InChI=1S/C6H6BrF2OS/c1-6(7,5(8)9)3-2-11-4(3)10/h3,5H,1-2H2. The van der Waals surface area contributed by atoms with Crippen LogP contribution < -0.4 is 0 Å². The highest BCUT2D eigenvalue weighted by molar-refractivity contribution is 9.10. The van der Waals surface area contributed by atoms with E-state index in [9.17, 15) is 13.6 Å². The Balaban J connectivity index is 2.64. The summed E-state index contributed by atoms with van der Waals surface area (Å²) in [6.07, 6.45) is -2.60. The average molecular weight is 244 g/mol. The van der Waals surface area contributed by atoms with E-state index in [0.717, 1.165) is 11.8 Å². The van der Waals surface area contributed by atoms with E-state index in [4.69, 9.17) is 0 Å². The second-order valence-electron chi connectivity index (χ2n) is 2.41. The molecule has 0 aliphatic carbocycles. The van der Waals surface area contributed by atoms with E-state index >= 15 is 0 Å². The quantitative estimate of drug-likeness (QED) is 0.692. The molecule has 0 bridgehead atoms. The predicted octanol–water partition coefficient (Wildman–Crippen LogP) is 2.11. The Morgan fingerprint density at radius 3 is 2.45 bits per heavy atom. The Kier molecular flexibility index (Phi) is 2.59. The van der Waals surface area contributed by atoms with Gasteiger partial charge in [0, 0.05) is 5.75 Å². The molecular weight excluding hydrogens is 238 g/mol. The number of rotatable bonds is 2. The first-order chi connectivity index (χ1) is 4.96. The van der Waals surface area contributed by atoms with Gasteiger partial charge >= 0.3 is 0 Å². The molecule has 0 saturated carbocycles. The molecule has 2 unspecified atom stereocenters. The molecule has 0 N–H and O–H groups in total. The van der Waals surface area contributed by atoms with Crippen molar-refractivity contribution < 1.29 is 13.6 Å². The summed E-state index contributed by atoms with van der Waals surface area (Å²) in [5.41, 5.74) is 0. The van der Waals surface area contributed by atoms with Crippen LogP contribution in [0.4, 0.5) is 8.78 Å². The van der Waals surface area contributed by atoms with Crippen LogP contribution in [0, 0.1) is 12.8 Å². The van der Waals surface area contributed by atoms with Crippen LogP contribution in [-0.2, 0) is 4.79 Å². The van der Waals surface area contributed by atoms with Gasteiger partial charge in [-0.2, -0.15) is 0 Å². The van der Waals surface area contributed by atoms with E-state index in [2.05, 4.69) is 22.9 Å². The lowest BCUT2D eigenvalue weighted by atomic mass is 9.96. The Bertz CT molecular complexity index is 183. The van der Waals surface area contributed by atoms with Crippen molar-refractivity contribution in [1.82, 2.24) is 0 Å². The van der Waals surface area contributed by atoms with E-state index in [0.29, 0.717) is 5.75 Å². The van der Waals surface area contributed by atoms with Gasteiger partial charge in [0.2, 0.25) is 0 Å². The van der Waals surface area contributed by atoms with Crippen molar-refractivity contribution in [3.8, 4) is 0 Å². The smallest absolute Gasteiger partial charge is 0.254 e. The highest BCUT2D eigenvalue weighted by Gasteiger charge is 2.49. The fraction of sp³-hybridized carbons (Fsp3) is 0.667. The van der Waals surface area contributed by atoms with Crippen LogP contribution in [0.15, 0.2) is 0 Å². The van der Waals surface area contributed by atoms with Crippen molar-refractivity contribution in [3.05, 3.63) is 6.92 Å². The van der Waals surface area contributed by atoms with Gasteiger partial charge in [-0.05, 0) is 6.92 Å². The van der Waals surface area contributed by atoms with Crippen molar-refractivity contribution in [2.45, 2.75) is 10.7 Å². The first-order valence-electron chi connectivity index (χ1n) is 2.95. The highest BCUT2D eigenvalue weighted by Crippen LogP contribution is 2.43. The maximum atomic E-state index is 12.2. The summed E-state index contributed by atoms with van der Waals surface area (Å²) in [7, 11) is 0. The number of carbonyl (C=O) groups is 1. The number of hydrogen-bond donors (Lipinski definition) is 0. The minimum Gasteiger partial charge on any atom is -0.287 e. The summed E-state index contributed by atoms with van der Waals surface area (Å²) in [4.78, 5) is 10.7. The van der Waals surface area contributed by atoms with Crippen molar-refractivity contribution in [2.75, 3.05) is 5.75 Å². The zero-order chi connectivity index (χ0) is 8.65. The lowest BCUT2D eigenvalue weighted by Crippen LogP contribution is -2.46. The Hall–Kier alpha value is 0.360. The summed E-state index contributed by atoms with van der Waals surface area (Å²) in [5, 5.41) is -0.197. The van der Waals surface area contributed by atoms with Crippen molar-refractivity contribution in [2.24, 2.45) is 5.92 Å². The van der Waals surface area contributed by atoms with Crippen LogP contribution in [0.2, 0.25) is 0 Å². The van der Waals surface area contributed by atoms with Crippen molar-refractivity contribution >= 4 is 32.8 Å². The van der Waals surface area contributed by atoms with Gasteiger partial charge in [-0.3, -0.25) is 4.79 Å². The maximum Gasteiger partial charge on any atom is 0.254 e. The Morgan fingerprint density at radius 2 is 2.36 bits per heavy atom. The molecular formula is C6H6BrF2OS. The van der Waals surface area contributed by atoms with Crippen LogP contribution in [0.5, 0.6) is 0 Å². The van der Waals surface area contributed by atoms with Crippen molar-refractivity contribution in [1.29, 1.82) is 0 Å². The minimum absolute atomic E-state index is 0.197. The van der Waals surface area contributed by atoms with E-state index in [1.807, 2.05) is 0 Å². The topological polar surface area (TPSA) is 17.1 Å². The molecule has 1 rings (SSSR count). The number of carbonyl (C=O) groups excluding carboxylic acids is 1. The van der Waals surface area contributed by atoms with Crippen LogP contribution >= 0.6 is 27.7 Å². The molecule has 0 aromatic rings. The molecule has 1 saturated heterocycles. The summed E-state index contributed by atoms with van der Waals surface area (Å²) in [5.74, 6) is -0.190. The van der Waals surface area contributed by atoms with E-state index in [1.54, 1.807) is 0 Å². The molecule has 1 heterocycles. The number of hydrogen-bond acceptors (Lipinski definition) is 2. The van der Waals surface area contributed by atoms with Gasteiger partial charge in [0.25, 0.3) is 6.43 Å². The SMILES string of the molecule is [CH2]C(Br)(C(F)F)C1CSC1=O. The van der Waals surface area contributed by atoms with Gasteiger partial charge in [0.1, 0.15) is 0 Å². The van der Waals surface area contributed by atoms with Gasteiger partial charge in [-0.1, -0.05) is 27.7 Å². The first-order valence-corrected chi connectivity index (χ1v) is 4.73. The molecule has 11 heavy (non-hydrogen) atoms. The lowest BCUT2D eigenvalue weighted by molar-refractivity contribution is -0.117. The van der Waals surface area contributed by atoms with Crippen LogP contribution in [0.3, 0.4) is 0 Å². The normalized spacial score (nSPS) is 29.9. The monoisotopic (exact) mass is 243 g/mol. The Morgan fingerprint density at radius 1 is 1.82 bits per heavy atom. The molecule has 0 amide bonds. The second kappa shape index (κ2) is 3.01. The summed E-state index contributed by atoms with van der Waals surface area (Å²) in [6.45, 7) is 3.27. The molecule has 0 aromatic heterocycles. The summed E-state index contributed by atoms with van der Waals surface area (Å²) in [6, 6.07) is 0. The molecule has 63 valence electrons. The highest BCUT2D eigenvalue weighted by atomic mass is 79.9. The maximum absolute atomic E-state index is 12.2. The molecule has 5 heteroatoms. The molecule has 1 fully saturated rings. The average Bonchev–Trinajstić information content (AvgIpc) is 1.83. The fourth-order valence-electron chi connectivity index (χ4n) is 0.721. The van der Waals surface area contributed by atoms with Crippen molar-refractivity contribution in [3.63, 3.8) is 0 Å². The third kappa shape index (κ3) is 1.59. The third-order valence-corrected chi connectivity index (χ3v) is 3.59. The van der Waals surface area contributed by atoms with Crippen LogP contribution in [0.1, 0.15) is 0 Å². The van der Waals surface area contributed by atoms with E-state index in [-0.39, 0.29) is 5.12 Å². The van der Waals surface area contributed by atoms with Gasteiger partial charge in [-0.15, -0.1) is 0 Å². The molecule has 2 atom stereocenters. The largest absolute Gasteiger partial charge is 0.287 e. The molecule has 1 aliphatic rings. The van der Waals surface area contributed by atoms with Crippen LogP contribution in [-0.4, -0.2) is 21.6 Å². The molecule has 0 aromatic carbocycles. The third-order valence-electron chi connectivity index (χ3n) is 1.62. The summed E-state index contributed by atoms with van der Waals surface area (Å²) >= 11 is 3.84. The zero-order valence-electron chi connectivity index (χ0n) is 5.52. The lowest BCUT2D eigenvalue weighted by Gasteiger charge is -2.35. The van der Waals surface area contributed by atoms with Gasteiger partial charge in [0.05, 0.1) is 10.2 Å². The molecule has 0 spiro atoms. The number of thioether (sulfide) groups is 1. The molecule has 1 nitrogen and oxygen atoms in total. The number of halogens is 3. The fourth-order valence-corrected chi connectivity index (χ4v) is 2.43. The van der Waals surface area contributed by atoms with E-state index < -0.39 is 16.7 Å². The first kappa shape index (κ1) is 9.45. The van der Waals surface area contributed by atoms with E-state index in [1.165, 1.54) is 0 Å². The Labute approximate surface area is 76.0 Å².